The third-order valence-electron chi connectivity index (χ3n) is 7.67. The lowest BCUT2D eigenvalue weighted by Gasteiger charge is -2.41. The fraction of sp³-hybridized carbons (Fsp3) is 0.379. The minimum atomic E-state index is -0.799. The van der Waals surface area contributed by atoms with Gasteiger partial charge < -0.3 is 15.3 Å². The average Bonchev–Trinajstić information content (AvgIpc) is 2.95. The van der Waals surface area contributed by atoms with Crippen LogP contribution >= 0.6 is 0 Å². The van der Waals surface area contributed by atoms with Gasteiger partial charge in [-0.2, -0.15) is 0 Å². The summed E-state index contributed by atoms with van der Waals surface area (Å²) in [5.41, 5.74) is 3.06. The van der Waals surface area contributed by atoms with Crippen molar-refractivity contribution >= 4 is 18.5 Å². The highest BCUT2D eigenvalue weighted by atomic mass is 16.6. The first-order chi connectivity index (χ1) is 18.8. The number of amides is 2. The number of aliphatic hydroxyl groups is 1. The summed E-state index contributed by atoms with van der Waals surface area (Å²) in [7, 11) is 0. The highest BCUT2D eigenvalue weighted by Crippen LogP contribution is 2.36. The molecule has 206 valence electrons. The van der Waals surface area contributed by atoms with E-state index in [-0.39, 0.29) is 11.6 Å². The molecule has 10 heteroatoms. The molecule has 1 fully saturated rings. The number of allylic oxidation sites excluding steroid dienone is 3. The third kappa shape index (κ3) is 6.18. The number of benzene rings is 2. The zero-order chi connectivity index (χ0) is 28.0. The van der Waals surface area contributed by atoms with E-state index in [2.05, 4.69) is 10.2 Å². The zero-order valence-electron chi connectivity index (χ0n) is 22.3. The molecule has 2 amide bonds. The fourth-order valence-electron chi connectivity index (χ4n) is 5.56. The molecule has 2 aromatic carbocycles. The van der Waals surface area contributed by atoms with E-state index in [4.69, 9.17) is 0 Å². The topological polar surface area (TPSA) is 119 Å². The van der Waals surface area contributed by atoms with Crippen LogP contribution in [0.4, 0.5) is 5.69 Å². The van der Waals surface area contributed by atoms with Crippen LogP contribution < -0.4 is 5.32 Å². The quantitative estimate of drug-likeness (QED) is 0.257. The molecule has 39 heavy (non-hydrogen) atoms. The van der Waals surface area contributed by atoms with Gasteiger partial charge in [-0.15, -0.1) is 0 Å². The Balaban J connectivity index is 1.40. The number of piperidine rings is 1. The Labute approximate surface area is 228 Å². The Morgan fingerprint density at radius 2 is 1.77 bits per heavy atom. The van der Waals surface area contributed by atoms with Crippen LogP contribution in [0.25, 0.3) is 0 Å². The van der Waals surface area contributed by atoms with Crippen molar-refractivity contribution in [3.63, 3.8) is 0 Å². The summed E-state index contributed by atoms with van der Waals surface area (Å²) in [6.07, 6.45) is 5.38. The van der Waals surface area contributed by atoms with Crippen molar-refractivity contribution in [3.8, 4) is 0 Å². The van der Waals surface area contributed by atoms with Gasteiger partial charge in [-0.3, -0.25) is 29.7 Å². The van der Waals surface area contributed by atoms with Gasteiger partial charge in [0.25, 0.3) is 5.69 Å². The largest absolute Gasteiger partial charge is 0.385 e. The maximum absolute atomic E-state index is 12.2. The van der Waals surface area contributed by atoms with Crippen LogP contribution in [-0.4, -0.2) is 63.9 Å². The van der Waals surface area contributed by atoms with E-state index in [0.717, 1.165) is 49.3 Å². The molecule has 2 heterocycles. The van der Waals surface area contributed by atoms with E-state index in [9.17, 15) is 24.8 Å². The number of rotatable bonds is 11. The number of hydrazine groups is 1. The first-order valence-corrected chi connectivity index (χ1v) is 13.1. The van der Waals surface area contributed by atoms with E-state index >= 15 is 0 Å². The third-order valence-corrected chi connectivity index (χ3v) is 7.67. The highest BCUT2D eigenvalue weighted by Gasteiger charge is 2.34. The van der Waals surface area contributed by atoms with Gasteiger partial charge in [0.1, 0.15) is 0 Å². The van der Waals surface area contributed by atoms with Crippen LogP contribution in [0.5, 0.6) is 0 Å². The first kappa shape index (κ1) is 28.0. The molecule has 1 atom stereocenters. The van der Waals surface area contributed by atoms with Crippen molar-refractivity contribution in [2.24, 2.45) is 0 Å². The Kier molecular flexibility index (Phi) is 8.78. The number of nitro groups is 1. The molecule has 1 saturated heterocycles. The molecule has 0 aromatic heterocycles. The number of likely N-dealkylation sites (tertiary alicyclic amines) is 1. The maximum atomic E-state index is 12.2. The van der Waals surface area contributed by atoms with Gasteiger partial charge in [0.05, 0.1) is 21.9 Å². The average molecular weight is 534 g/mol. The molecule has 2 aromatic rings. The number of nitro benzene ring substituents is 1. The number of carbonyl (C=O) groups is 2. The normalized spacial score (nSPS) is 19.3. The van der Waals surface area contributed by atoms with Crippen LogP contribution in [0.1, 0.15) is 50.2 Å². The van der Waals surface area contributed by atoms with Gasteiger partial charge in [-0.05, 0) is 56.9 Å². The predicted octanol–water partition coefficient (Wildman–Crippen LogP) is 3.62. The number of nitrogens with zero attached hydrogens (tertiary/aromatic N) is 4. The number of nitrogens with one attached hydrogen (secondary N) is 1. The lowest BCUT2D eigenvalue weighted by Crippen LogP contribution is -2.45. The van der Waals surface area contributed by atoms with Gasteiger partial charge in [0.15, 0.2) is 0 Å². The Morgan fingerprint density at radius 3 is 2.36 bits per heavy atom. The molecule has 2 N–H and O–H groups in total. The molecular formula is C29H35N5O5. The molecule has 1 unspecified atom stereocenters. The molecule has 0 aliphatic carbocycles. The minimum Gasteiger partial charge on any atom is -0.385 e. The lowest BCUT2D eigenvalue weighted by molar-refractivity contribution is -0.384. The molecule has 10 nitrogen and oxygen atoms in total. The van der Waals surface area contributed by atoms with Crippen LogP contribution in [-0.2, 0) is 15.2 Å². The monoisotopic (exact) mass is 533 g/mol. The smallest absolute Gasteiger partial charge is 0.269 e. The number of hydrogen-bond acceptors (Lipinski definition) is 7. The maximum Gasteiger partial charge on any atom is 0.269 e. The van der Waals surface area contributed by atoms with E-state index in [0.29, 0.717) is 37.2 Å². The number of hydrogen-bond donors (Lipinski definition) is 2. The van der Waals surface area contributed by atoms with Crippen LogP contribution in [0.2, 0.25) is 0 Å². The number of carbonyl (C=O) groups excluding carboxylic acids is 2. The van der Waals surface area contributed by atoms with Crippen molar-refractivity contribution in [1.82, 2.24) is 20.2 Å². The van der Waals surface area contributed by atoms with Gasteiger partial charge in [-0.1, -0.05) is 42.5 Å². The van der Waals surface area contributed by atoms with Crippen molar-refractivity contribution < 1.29 is 19.6 Å². The van der Waals surface area contributed by atoms with E-state index in [1.807, 2.05) is 50.3 Å². The summed E-state index contributed by atoms with van der Waals surface area (Å²) in [5, 5.41) is 28.3. The van der Waals surface area contributed by atoms with Crippen molar-refractivity contribution in [2.75, 3.05) is 26.2 Å². The van der Waals surface area contributed by atoms with E-state index in [1.165, 1.54) is 12.1 Å². The Morgan fingerprint density at radius 1 is 1.10 bits per heavy atom. The summed E-state index contributed by atoms with van der Waals surface area (Å²) < 4.78 is 0. The second-order valence-electron chi connectivity index (χ2n) is 10.1. The SMILES string of the molecule is CC1=CC(c2ccc([N+](=O)[O-])cc2)C(NC=O)=C(C)N1N(C=O)CCCN1CCC(O)(c2ccccc2)CC1. The molecule has 0 radical (unpaired) electrons. The summed E-state index contributed by atoms with van der Waals surface area (Å²) in [6, 6.07) is 16.0. The molecular weight excluding hydrogens is 498 g/mol. The summed E-state index contributed by atoms with van der Waals surface area (Å²) in [6.45, 7) is 6.55. The summed E-state index contributed by atoms with van der Waals surface area (Å²) in [4.78, 5) is 36.6. The summed E-state index contributed by atoms with van der Waals surface area (Å²) >= 11 is 0. The standard InChI is InChI=1S/C29H35N5O5/c1-22-19-27(24-9-11-26(12-10-24)34(38)39)28(30-20-35)23(2)33(22)32(21-36)16-6-15-31-17-13-29(37,14-18-31)25-7-4-3-5-8-25/h3-5,7-12,19-21,27,37H,6,13-18H2,1-2H3,(H,30,35). The first-order valence-electron chi connectivity index (χ1n) is 13.1. The van der Waals surface area contributed by atoms with Gasteiger partial charge in [0.2, 0.25) is 12.8 Å². The van der Waals surface area contributed by atoms with Crippen LogP contribution in [0, 0.1) is 10.1 Å². The van der Waals surface area contributed by atoms with Crippen LogP contribution in [0.15, 0.2) is 77.8 Å². The Bertz CT molecular complexity index is 1240. The highest BCUT2D eigenvalue weighted by molar-refractivity contribution is 5.56. The molecule has 0 saturated carbocycles. The summed E-state index contributed by atoms with van der Waals surface area (Å²) in [5.74, 6) is -0.322. The number of non-ortho nitro benzene ring substituents is 1. The molecule has 2 aliphatic rings. The lowest BCUT2D eigenvalue weighted by atomic mass is 9.84. The Hall–Kier alpha value is -4.02. The van der Waals surface area contributed by atoms with E-state index < -0.39 is 10.5 Å². The second-order valence-corrected chi connectivity index (χ2v) is 10.1. The van der Waals surface area contributed by atoms with Gasteiger partial charge in [-0.25, -0.2) is 0 Å². The molecule has 2 aliphatic heterocycles. The fourth-order valence-corrected chi connectivity index (χ4v) is 5.56. The van der Waals surface area contributed by atoms with Crippen LogP contribution in [0.3, 0.4) is 0 Å². The zero-order valence-corrected chi connectivity index (χ0v) is 22.3. The van der Waals surface area contributed by atoms with E-state index in [1.54, 1.807) is 22.2 Å². The molecule has 4 rings (SSSR count). The van der Waals surface area contributed by atoms with Gasteiger partial charge >= 0.3 is 0 Å². The molecule has 0 spiro atoms. The minimum absolute atomic E-state index is 0.00642. The van der Waals surface area contributed by atoms with Crippen molar-refractivity contribution in [3.05, 3.63) is 99.0 Å². The van der Waals surface area contributed by atoms with Crippen molar-refractivity contribution in [2.45, 2.75) is 44.6 Å². The predicted molar refractivity (Wildman–Crippen MR) is 147 cm³/mol. The molecule has 0 bridgehead atoms. The van der Waals surface area contributed by atoms with Crippen molar-refractivity contribution in [1.29, 1.82) is 0 Å². The van der Waals surface area contributed by atoms with Gasteiger partial charge in [0, 0.05) is 43.4 Å². The second kappa shape index (κ2) is 12.2.